The average Bonchev–Trinajstić information content (AvgIpc) is 2.66. The van der Waals surface area contributed by atoms with Crippen molar-refractivity contribution >= 4 is 11.9 Å². The number of carboxylic acids is 1. The van der Waals surface area contributed by atoms with Crippen LogP contribution in [-0.4, -0.2) is 60.3 Å². The molecule has 2 N–H and O–H groups in total. The van der Waals surface area contributed by atoms with Crippen molar-refractivity contribution in [3.8, 4) is 0 Å². The molecule has 6 nitrogen and oxygen atoms in total. The fraction of sp³-hybridized carbons (Fsp3) is 0.818. The molecule has 0 radical (unpaired) electrons. The number of nitrogens with one attached hydrogen (secondary N) is 1. The van der Waals surface area contributed by atoms with E-state index in [4.69, 9.17) is 9.84 Å². The normalized spacial score (nSPS) is 30.2. The SMILES string of the molecule is O=C(O)CC1COCCN1CC1CCC(=O)N1. The Hall–Kier alpha value is -1.14. The highest BCUT2D eigenvalue weighted by Crippen LogP contribution is 2.15. The number of ether oxygens (including phenoxy) is 1. The largest absolute Gasteiger partial charge is 0.481 e. The molecule has 0 aromatic carbocycles. The molecule has 2 rings (SSSR count). The average molecular weight is 242 g/mol. The molecule has 2 atom stereocenters. The Labute approximate surface area is 99.9 Å². The van der Waals surface area contributed by atoms with Crippen LogP contribution in [0.1, 0.15) is 19.3 Å². The van der Waals surface area contributed by atoms with Crippen LogP contribution in [0.2, 0.25) is 0 Å². The van der Waals surface area contributed by atoms with Gasteiger partial charge in [0, 0.05) is 31.6 Å². The summed E-state index contributed by atoms with van der Waals surface area (Å²) in [6.07, 6.45) is 1.52. The van der Waals surface area contributed by atoms with Gasteiger partial charge in [0.1, 0.15) is 0 Å². The lowest BCUT2D eigenvalue weighted by Gasteiger charge is -2.36. The van der Waals surface area contributed by atoms with Crippen LogP contribution >= 0.6 is 0 Å². The summed E-state index contributed by atoms with van der Waals surface area (Å²) in [6.45, 7) is 2.57. The summed E-state index contributed by atoms with van der Waals surface area (Å²) in [5, 5.41) is 11.7. The molecule has 0 aromatic rings. The Kier molecular flexibility index (Phi) is 3.96. The Morgan fingerprint density at radius 2 is 2.41 bits per heavy atom. The quantitative estimate of drug-likeness (QED) is 0.691. The van der Waals surface area contributed by atoms with E-state index in [0.29, 0.717) is 19.6 Å². The fourth-order valence-electron chi connectivity index (χ4n) is 2.42. The van der Waals surface area contributed by atoms with Crippen LogP contribution in [0.4, 0.5) is 0 Å². The smallest absolute Gasteiger partial charge is 0.305 e. The lowest BCUT2D eigenvalue weighted by molar-refractivity contribution is -0.140. The zero-order valence-corrected chi connectivity index (χ0v) is 9.72. The summed E-state index contributed by atoms with van der Waals surface area (Å²) in [5.41, 5.74) is 0. The van der Waals surface area contributed by atoms with Crippen molar-refractivity contribution in [2.75, 3.05) is 26.3 Å². The molecule has 2 aliphatic rings. The molecule has 2 unspecified atom stereocenters. The number of carbonyl (C=O) groups excluding carboxylic acids is 1. The first kappa shape index (κ1) is 12.3. The highest BCUT2D eigenvalue weighted by molar-refractivity contribution is 5.78. The summed E-state index contributed by atoms with van der Waals surface area (Å²) < 4.78 is 5.31. The maximum atomic E-state index is 11.1. The van der Waals surface area contributed by atoms with Crippen LogP contribution in [0.25, 0.3) is 0 Å². The van der Waals surface area contributed by atoms with E-state index in [1.54, 1.807) is 0 Å². The van der Waals surface area contributed by atoms with Gasteiger partial charge in [-0.15, -0.1) is 0 Å². The number of morpholine rings is 1. The minimum atomic E-state index is -0.805. The number of carbonyl (C=O) groups is 2. The molecule has 0 bridgehead atoms. The van der Waals surface area contributed by atoms with Gasteiger partial charge in [0.05, 0.1) is 19.6 Å². The van der Waals surface area contributed by atoms with Gasteiger partial charge in [-0.05, 0) is 6.42 Å². The minimum absolute atomic E-state index is 0.0706. The van der Waals surface area contributed by atoms with Crippen molar-refractivity contribution < 1.29 is 19.4 Å². The first-order valence-electron chi connectivity index (χ1n) is 5.98. The topological polar surface area (TPSA) is 78.9 Å². The van der Waals surface area contributed by atoms with E-state index in [2.05, 4.69) is 10.2 Å². The maximum Gasteiger partial charge on any atom is 0.305 e. The summed E-state index contributed by atoms with van der Waals surface area (Å²) >= 11 is 0. The second kappa shape index (κ2) is 5.46. The van der Waals surface area contributed by atoms with Gasteiger partial charge in [0.15, 0.2) is 0 Å². The molecular weight excluding hydrogens is 224 g/mol. The van der Waals surface area contributed by atoms with E-state index in [9.17, 15) is 9.59 Å². The van der Waals surface area contributed by atoms with E-state index in [1.165, 1.54) is 0 Å². The van der Waals surface area contributed by atoms with Crippen LogP contribution in [0.3, 0.4) is 0 Å². The lowest BCUT2D eigenvalue weighted by Crippen LogP contribution is -2.51. The maximum absolute atomic E-state index is 11.1. The number of hydrogen-bond donors (Lipinski definition) is 2. The van der Waals surface area contributed by atoms with Gasteiger partial charge in [0.25, 0.3) is 0 Å². The molecule has 2 fully saturated rings. The zero-order chi connectivity index (χ0) is 12.3. The highest BCUT2D eigenvalue weighted by Gasteiger charge is 2.29. The molecular formula is C11H18N2O4. The van der Waals surface area contributed by atoms with Crippen molar-refractivity contribution in [2.45, 2.75) is 31.3 Å². The predicted molar refractivity (Wildman–Crippen MR) is 59.6 cm³/mol. The van der Waals surface area contributed by atoms with Crippen LogP contribution in [0.15, 0.2) is 0 Å². The van der Waals surface area contributed by atoms with Gasteiger partial charge in [0.2, 0.25) is 5.91 Å². The second-order valence-corrected chi connectivity index (χ2v) is 4.62. The summed E-state index contributed by atoms with van der Waals surface area (Å²) in [6, 6.07) is 0.0932. The van der Waals surface area contributed by atoms with E-state index < -0.39 is 5.97 Å². The zero-order valence-electron chi connectivity index (χ0n) is 9.72. The van der Waals surface area contributed by atoms with Gasteiger partial charge in [-0.3, -0.25) is 14.5 Å². The molecule has 2 aliphatic heterocycles. The van der Waals surface area contributed by atoms with Gasteiger partial charge >= 0.3 is 5.97 Å². The number of aliphatic carboxylic acids is 1. The monoisotopic (exact) mass is 242 g/mol. The van der Waals surface area contributed by atoms with E-state index in [-0.39, 0.29) is 24.4 Å². The third kappa shape index (κ3) is 3.41. The van der Waals surface area contributed by atoms with Gasteiger partial charge in [-0.1, -0.05) is 0 Å². The number of nitrogens with zero attached hydrogens (tertiary/aromatic N) is 1. The van der Waals surface area contributed by atoms with Crippen LogP contribution in [-0.2, 0) is 14.3 Å². The molecule has 0 aromatic heterocycles. The third-order valence-corrected chi connectivity index (χ3v) is 3.30. The van der Waals surface area contributed by atoms with Gasteiger partial charge < -0.3 is 15.2 Å². The molecule has 17 heavy (non-hydrogen) atoms. The van der Waals surface area contributed by atoms with Crippen LogP contribution in [0.5, 0.6) is 0 Å². The summed E-state index contributed by atoms with van der Waals surface area (Å²) in [5.74, 6) is -0.709. The predicted octanol–water partition coefficient (Wildman–Crippen LogP) is -0.559. The molecule has 0 spiro atoms. The Balaban J connectivity index is 1.87. The van der Waals surface area contributed by atoms with Crippen molar-refractivity contribution in [3.05, 3.63) is 0 Å². The van der Waals surface area contributed by atoms with Gasteiger partial charge in [-0.25, -0.2) is 0 Å². The number of hydrogen-bond acceptors (Lipinski definition) is 4. The molecule has 6 heteroatoms. The molecule has 96 valence electrons. The standard InChI is InChI=1S/C11H18N2O4/c14-10-2-1-8(12-10)6-13-3-4-17-7-9(13)5-11(15)16/h8-9H,1-7H2,(H,12,14)(H,15,16). The van der Waals surface area contributed by atoms with E-state index >= 15 is 0 Å². The Morgan fingerprint density at radius 3 is 3.06 bits per heavy atom. The first-order valence-corrected chi connectivity index (χ1v) is 5.98. The van der Waals surface area contributed by atoms with E-state index in [0.717, 1.165) is 19.5 Å². The summed E-state index contributed by atoms with van der Waals surface area (Å²) in [4.78, 5) is 24.0. The van der Waals surface area contributed by atoms with Crippen LogP contribution in [0, 0.1) is 0 Å². The number of amides is 1. The molecule has 1 amide bonds. The van der Waals surface area contributed by atoms with Crippen LogP contribution < -0.4 is 5.32 Å². The highest BCUT2D eigenvalue weighted by atomic mass is 16.5. The van der Waals surface area contributed by atoms with Crippen molar-refractivity contribution in [3.63, 3.8) is 0 Å². The number of rotatable bonds is 4. The lowest BCUT2D eigenvalue weighted by atomic mass is 10.1. The van der Waals surface area contributed by atoms with Crippen molar-refractivity contribution in [2.24, 2.45) is 0 Å². The fourth-order valence-corrected chi connectivity index (χ4v) is 2.42. The van der Waals surface area contributed by atoms with Crippen molar-refractivity contribution in [1.82, 2.24) is 10.2 Å². The molecule has 0 aliphatic carbocycles. The minimum Gasteiger partial charge on any atom is -0.481 e. The van der Waals surface area contributed by atoms with Gasteiger partial charge in [-0.2, -0.15) is 0 Å². The summed E-state index contributed by atoms with van der Waals surface area (Å²) in [7, 11) is 0. The molecule has 2 heterocycles. The molecule has 0 saturated carbocycles. The number of carboxylic acid groups (broad SMARTS) is 1. The third-order valence-electron chi connectivity index (χ3n) is 3.30. The van der Waals surface area contributed by atoms with E-state index in [1.807, 2.05) is 0 Å². The first-order chi connectivity index (χ1) is 8.15. The second-order valence-electron chi connectivity index (χ2n) is 4.62. The molecule has 2 saturated heterocycles. The Morgan fingerprint density at radius 1 is 1.59 bits per heavy atom. The Bertz CT molecular complexity index is 308. The van der Waals surface area contributed by atoms with Crippen molar-refractivity contribution in [1.29, 1.82) is 0 Å².